The van der Waals surface area contributed by atoms with Gasteiger partial charge in [0.2, 0.25) is 0 Å². The molecule has 1 unspecified atom stereocenters. The fraction of sp³-hybridized carbons (Fsp3) is 0.381. The number of aryl methyl sites for hydroxylation is 1. The van der Waals surface area contributed by atoms with Crippen molar-refractivity contribution in [2.45, 2.75) is 32.6 Å². The zero-order valence-electron chi connectivity index (χ0n) is 15.0. The van der Waals surface area contributed by atoms with Gasteiger partial charge in [0.25, 0.3) is 5.91 Å². The van der Waals surface area contributed by atoms with E-state index in [-0.39, 0.29) is 5.91 Å². The van der Waals surface area contributed by atoms with E-state index in [9.17, 15) is 4.79 Å². The number of hydrogen-bond donors (Lipinski definition) is 0. The Hall–Kier alpha value is -2.27. The number of thiazole rings is 1. The molecule has 3 heterocycles. The number of carbonyl (C=O) groups excluding carboxylic acids is 1. The molecule has 0 spiro atoms. The van der Waals surface area contributed by atoms with E-state index < -0.39 is 0 Å². The topological polar surface area (TPSA) is 46.1 Å². The number of hydrogen-bond acceptors (Lipinski definition) is 4. The molecule has 26 heavy (non-hydrogen) atoms. The van der Waals surface area contributed by atoms with Gasteiger partial charge in [-0.1, -0.05) is 24.3 Å². The highest BCUT2D eigenvalue weighted by atomic mass is 32.1. The number of likely N-dealkylation sites (tertiary alicyclic amines) is 1. The molecule has 0 bridgehead atoms. The number of aromatic nitrogens is 2. The van der Waals surface area contributed by atoms with Crippen molar-refractivity contribution >= 4 is 28.0 Å². The molecule has 1 aliphatic heterocycles. The van der Waals surface area contributed by atoms with E-state index in [1.165, 1.54) is 27.7 Å². The van der Waals surface area contributed by atoms with Crippen molar-refractivity contribution in [3.8, 4) is 0 Å². The maximum Gasteiger partial charge on any atom is 0.265 e. The summed E-state index contributed by atoms with van der Waals surface area (Å²) < 4.78 is 0. The zero-order valence-corrected chi connectivity index (χ0v) is 15.8. The molecule has 0 aliphatic carbocycles. The Balaban J connectivity index is 1.45. The Morgan fingerprint density at radius 2 is 2.12 bits per heavy atom. The van der Waals surface area contributed by atoms with Crippen LogP contribution in [-0.2, 0) is 6.42 Å². The van der Waals surface area contributed by atoms with E-state index >= 15 is 0 Å². The van der Waals surface area contributed by atoms with Crippen molar-refractivity contribution in [2.24, 2.45) is 5.92 Å². The first-order chi connectivity index (χ1) is 12.7. The smallest absolute Gasteiger partial charge is 0.265 e. The summed E-state index contributed by atoms with van der Waals surface area (Å²) in [6.07, 6.45) is 8.25. The van der Waals surface area contributed by atoms with Crippen LogP contribution in [0.4, 0.5) is 0 Å². The highest BCUT2D eigenvalue weighted by molar-refractivity contribution is 7.11. The molecule has 1 amide bonds. The zero-order chi connectivity index (χ0) is 17.9. The van der Waals surface area contributed by atoms with Gasteiger partial charge in [0.05, 0.1) is 11.2 Å². The third-order valence-electron chi connectivity index (χ3n) is 5.33. The van der Waals surface area contributed by atoms with Crippen molar-refractivity contribution in [1.82, 2.24) is 14.9 Å². The number of nitrogens with zero attached hydrogens (tertiary/aromatic N) is 3. The van der Waals surface area contributed by atoms with E-state index in [1.807, 2.05) is 24.2 Å². The van der Waals surface area contributed by atoms with Crippen LogP contribution >= 0.6 is 11.3 Å². The molecule has 0 saturated carbocycles. The predicted octanol–water partition coefficient (Wildman–Crippen LogP) is 4.48. The van der Waals surface area contributed by atoms with Crippen molar-refractivity contribution < 1.29 is 4.79 Å². The van der Waals surface area contributed by atoms with E-state index in [0.29, 0.717) is 5.92 Å². The summed E-state index contributed by atoms with van der Waals surface area (Å²) in [6, 6.07) is 8.46. The van der Waals surface area contributed by atoms with Crippen LogP contribution in [0, 0.1) is 12.8 Å². The van der Waals surface area contributed by atoms with Crippen molar-refractivity contribution in [3.05, 3.63) is 58.3 Å². The van der Waals surface area contributed by atoms with Gasteiger partial charge < -0.3 is 4.90 Å². The van der Waals surface area contributed by atoms with Gasteiger partial charge in [-0.15, -0.1) is 11.3 Å². The molecule has 1 fully saturated rings. The standard InChI is InChI=1S/C21H23N3OS/c1-15-20(26-14-23-15)21(25)24-9-4-5-16(8-10-24)11-18-13-22-12-17-6-2-3-7-19(17)18/h2-3,6-7,12-14,16H,4-5,8-11H2,1H3. The molecule has 1 aromatic carbocycles. The van der Waals surface area contributed by atoms with Crippen molar-refractivity contribution in [3.63, 3.8) is 0 Å². The highest BCUT2D eigenvalue weighted by Crippen LogP contribution is 2.27. The Morgan fingerprint density at radius 1 is 1.23 bits per heavy atom. The molecular formula is C21H23N3OS. The lowest BCUT2D eigenvalue weighted by molar-refractivity contribution is 0.0764. The highest BCUT2D eigenvalue weighted by Gasteiger charge is 2.24. The van der Waals surface area contributed by atoms with Crippen LogP contribution < -0.4 is 0 Å². The molecule has 0 N–H and O–H groups in total. The summed E-state index contributed by atoms with van der Waals surface area (Å²) in [6.45, 7) is 3.59. The van der Waals surface area contributed by atoms with Crippen LogP contribution in [0.5, 0.6) is 0 Å². The minimum atomic E-state index is 0.150. The van der Waals surface area contributed by atoms with E-state index in [0.717, 1.165) is 49.3 Å². The van der Waals surface area contributed by atoms with Gasteiger partial charge in [0.1, 0.15) is 4.88 Å². The fourth-order valence-electron chi connectivity index (χ4n) is 3.88. The quantitative estimate of drug-likeness (QED) is 0.687. The van der Waals surface area contributed by atoms with Gasteiger partial charge in [-0.05, 0) is 49.5 Å². The Labute approximate surface area is 157 Å². The van der Waals surface area contributed by atoms with Crippen LogP contribution in [0.25, 0.3) is 10.8 Å². The van der Waals surface area contributed by atoms with Gasteiger partial charge >= 0.3 is 0 Å². The first kappa shape index (κ1) is 17.2. The van der Waals surface area contributed by atoms with Crippen LogP contribution in [0.2, 0.25) is 0 Å². The summed E-state index contributed by atoms with van der Waals surface area (Å²) in [5.41, 5.74) is 3.94. The van der Waals surface area contributed by atoms with E-state index in [4.69, 9.17) is 0 Å². The fourth-order valence-corrected chi connectivity index (χ4v) is 4.65. The molecule has 4 rings (SSSR count). The number of rotatable bonds is 3. The van der Waals surface area contributed by atoms with Crippen molar-refractivity contribution in [2.75, 3.05) is 13.1 Å². The lowest BCUT2D eigenvalue weighted by Gasteiger charge is -2.20. The maximum atomic E-state index is 12.8. The molecule has 5 heteroatoms. The molecule has 4 nitrogen and oxygen atoms in total. The third kappa shape index (κ3) is 3.49. The SMILES string of the molecule is Cc1ncsc1C(=O)N1CCCC(Cc2cncc3ccccc23)CC1. The predicted molar refractivity (Wildman–Crippen MR) is 106 cm³/mol. The number of carbonyl (C=O) groups is 1. The molecule has 134 valence electrons. The summed E-state index contributed by atoms with van der Waals surface area (Å²) in [5.74, 6) is 0.750. The summed E-state index contributed by atoms with van der Waals surface area (Å²) >= 11 is 1.45. The molecule has 1 atom stereocenters. The number of amides is 1. The Kier molecular flexibility index (Phi) is 4.98. The Bertz CT molecular complexity index is 915. The van der Waals surface area contributed by atoms with Gasteiger partial charge in [0, 0.05) is 30.9 Å². The van der Waals surface area contributed by atoms with Gasteiger partial charge in [-0.2, -0.15) is 0 Å². The normalized spacial score (nSPS) is 18.0. The second kappa shape index (κ2) is 7.54. The third-order valence-corrected chi connectivity index (χ3v) is 6.25. The number of benzene rings is 1. The largest absolute Gasteiger partial charge is 0.338 e. The second-order valence-electron chi connectivity index (χ2n) is 7.08. The molecule has 0 radical (unpaired) electrons. The van der Waals surface area contributed by atoms with Gasteiger partial charge in [-0.3, -0.25) is 9.78 Å². The van der Waals surface area contributed by atoms with Crippen molar-refractivity contribution in [1.29, 1.82) is 0 Å². The second-order valence-corrected chi connectivity index (χ2v) is 7.93. The number of pyridine rings is 1. The van der Waals surface area contributed by atoms with Crippen LogP contribution in [0.3, 0.4) is 0 Å². The van der Waals surface area contributed by atoms with Crippen LogP contribution in [0.1, 0.15) is 40.2 Å². The van der Waals surface area contributed by atoms with Gasteiger partial charge in [-0.25, -0.2) is 4.98 Å². The summed E-state index contributed by atoms with van der Waals surface area (Å²) in [4.78, 5) is 24.2. The van der Waals surface area contributed by atoms with E-state index in [1.54, 1.807) is 5.51 Å². The average Bonchev–Trinajstić information content (AvgIpc) is 2.95. The molecule has 1 saturated heterocycles. The minimum absolute atomic E-state index is 0.150. The van der Waals surface area contributed by atoms with E-state index in [2.05, 4.69) is 34.2 Å². The first-order valence-corrected chi connectivity index (χ1v) is 10.1. The number of fused-ring (bicyclic) bond motifs is 1. The molecule has 1 aliphatic rings. The summed E-state index contributed by atoms with van der Waals surface area (Å²) in [7, 11) is 0. The lowest BCUT2D eigenvalue weighted by Crippen LogP contribution is -2.32. The van der Waals surface area contributed by atoms with Crippen LogP contribution in [-0.4, -0.2) is 33.9 Å². The van der Waals surface area contributed by atoms with Gasteiger partial charge in [0.15, 0.2) is 0 Å². The lowest BCUT2D eigenvalue weighted by atomic mass is 9.91. The van der Waals surface area contributed by atoms with Crippen LogP contribution in [0.15, 0.2) is 42.2 Å². The Morgan fingerprint density at radius 3 is 2.96 bits per heavy atom. The molecular weight excluding hydrogens is 342 g/mol. The molecule has 3 aromatic rings. The first-order valence-electron chi connectivity index (χ1n) is 9.23. The average molecular weight is 366 g/mol. The summed E-state index contributed by atoms with van der Waals surface area (Å²) in [5, 5.41) is 2.51. The minimum Gasteiger partial charge on any atom is -0.338 e. The maximum absolute atomic E-state index is 12.8. The molecule has 2 aromatic heterocycles. The monoisotopic (exact) mass is 365 g/mol.